The van der Waals surface area contributed by atoms with Crippen LogP contribution in [0.4, 0.5) is 0 Å². The molecule has 0 aromatic carbocycles. The van der Waals surface area contributed by atoms with Crippen LogP contribution >= 0.6 is 0 Å². The number of aliphatic carboxylic acids is 1. The Bertz CT molecular complexity index is 1250. The lowest BCUT2D eigenvalue weighted by Gasteiger charge is -2.73. The number of hydrogen-bond acceptors (Lipinski definition) is 5. The first kappa shape index (κ1) is 35.4. The number of carbonyl (C=O) groups excluding carboxylic acids is 1. The second-order valence-electron chi connectivity index (χ2n) is 18.8. The van der Waals surface area contributed by atoms with Crippen LogP contribution in [0.2, 0.25) is 0 Å². The second-order valence-corrected chi connectivity index (χ2v) is 18.8. The van der Waals surface area contributed by atoms with Gasteiger partial charge in [0.2, 0.25) is 0 Å². The van der Waals surface area contributed by atoms with Gasteiger partial charge in [0.15, 0.2) is 0 Å². The van der Waals surface area contributed by atoms with E-state index in [1.54, 1.807) is 0 Å². The van der Waals surface area contributed by atoms with E-state index in [-0.39, 0.29) is 53.2 Å². The minimum Gasteiger partial charge on any atom is -0.481 e. The molecule has 0 aliphatic heterocycles. The molecule has 5 saturated carbocycles. The summed E-state index contributed by atoms with van der Waals surface area (Å²) in [5.74, 6) is 1.90. The smallest absolute Gasteiger partial charge is 0.306 e. The lowest BCUT2D eigenvalue weighted by Crippen LogP contribution is -2.66. The topological polar surface area (TPSA) is 96.6 Å². The molecule has 0 spiro atoms. The highest BCUT2D eigenvalue weighted by molar-refractivity contribution is 5.73. The van der Waals surface area contributed by atoms with Crippen molar-refractivity contribution in [3.8, 4) is 6.07 Å². The van der Waals surface area contributed by atoms with Crippen molar-refractivity contribution in [2.75, 3.05) is 13.2 Å². The summed E-state index contributed by atoms with van der Waals surface area (Å²) in [6, 6.07) is 2.16. The summed E-state index contributed by atoms with van der Waals surface area (Å²) in [4.78, 5) is 24.5. The van der Waals surface area contributed by atoms with Crippen molar-refractivity contribution in [3.05, 3.63) is 12.2 Å². The van der Waals surface area contributed by atoms with Crippen molar-refractivity contribution >= 4 is 11.9 Å². The highest BCUT2D eigenvalue weighted by Gasteiger charge is 2.71. The Morgan fingerprint density at radius 1 is 0.913 bits per heavy atom. The van der Waals surface area contributed by atoms with Gasteiger partial charge < -0.3 is 14.6 Å². The fourth-order valence-corrected chi connectivity index (χ4v) is 13.4. The zero-order valence-electron chi connectivity index (χ0n) is 30.3. The van der Waals surface area contributed by atoms with Gasteiger partial charge in [-0.1, -0.05) is 60.6 Å². The summed E-state index contributed by atoms with van der Waals surface area (Å²) >= 11 is 0. The fraction of sp³-hybridized carbons (Fsp3) is 0.875. The van der Waals surface area contributed by atoms with Crippen LogP contribution in [0.15, 0.2) is 12.2 Å². The van der Waals surface area contributed by atoms with Gasteiger partial charge in [0.25, 0.3) is 0 Å². The van der Waals surface area contributed by atoms with Crippen LogP contribution in [-0.4, -0.2) is 36.4 Å². The number of ether oxygens (including phenoxy) is 2. The van der Waals surface area contributed by atoms with Gasteiger partial charge in [-0.2, -0.15) is 5.26 Å². The molecule has 0 radical (unpaired) electrons. The summed E-state index contributed by atoms with van der Waals surface area (Å²) in [6.07, 6.45) is 13.0. The number of allylic oxidation sites excluding steroid dienone is 1. The minimum absolute atomic E-state index is 0.0407. The molecule has 0 saturated heterocycles. The maximum Gasteiger partial charge on any atom is 0.306 e. The van der Waals surface area contributed by atoms with Gasteiger partial charge in [-0.15, -0.1) is 0 Å². The fourth-order valence-electron chi connectivity index (χ4n) is 13.4. The van der Waals surface area contributed by atoms with Crippen molar-refractivity contribution in [1.29, 1.82) is 5.26 Å². The Hall–Kier alpha value is -1.87. The van der Waals surface area contributed by atoms with E-state index in [0.717, 1.165) is 19.3 Å². The molecular weight excluding hydrogens is 574 g/mol. The first-order chi connectivity index (χ1) is 21.4. The Balaban J connectivity index is 1.38. The molecule has 5 aliphatic rings. The van der Waals surface area contributed by atoms with Gasteiger partial charge in [0.05, 0.1) is 18.9 Å². The lowest BCUT2D eigenvalue weighted by atomic mass is 9.32. The number of carboxylic acid groups (broad SMARTS) is 1. The third-order valence-corrected chi connectivity index (χ3v) is 15.6. The SMILES string of the molecule is C=C(C)[C@@H]1CC[C@]2(CCOCC#N)CC[C@]3(C)[C@H](CC[C@@H]4[C@@]5(C)CC[C@H](OC(=O)CC(C)(C)CC(=O)O)C(C)(C)[C@@H]5CC[C@]43C)[C@@H]12. The van der Waals surface area contributed by atoms with E-state index in [2.05, 4.69) is 54.2 Å². The minimum atomic E-state index is -0.878. The van der Waals surface area contributed by atoms with E-state index < -0.39 is 11.4 Å². The lowest BCUT2D eigenvalue weighted by molar-refractivity contribution is -0.251. The molecule has 0 unspecified atom stereocenters. The number of carboxylic acids is 1. The van der Waals surface area contributed by atoms with E-state index in [1.165, 1.54) is 56.9 Å². The Labute approximate surface area is 279 Å². The molecule has 0 heterocycles. The number of hydrogen-bond donors (Lipinski definition) is 1. The zero-order valence-corrected chi connectivity index (χ0v) is 30.3. The third-order valence-electron chi connectivity index (χ3n) is 15.6. The van der Waals surface area contributed by atoms with Gasteiger partial charge >= 0.3 is 11.9 Å². The van der Waals surface area contributed by atoms with Gasteiger partial charge in [0, 0.05) is 12.0 Å². The molecule has 1 N–H and O–H groups in total. The predicted molar refractivity (Wildman–Crippen MR) is 181 cm³/mol. The average Bonchev–Trinajstić information content (AvgIpc) is 3.32. The van der Waals surface area contributed by atoms with Crippen molar-refractivity contribution in [3.63, 3.8) is 0 Å². The molecule has 5 aliphatic carbocycles. The van der Waals surface area contributed by atoms with Crippen molar-refractivity contribution < 1.29 is 24.2 Å². The largest absolute Gasteiger partial charge is 0.481 e. The molecule has 10 atom stereocenters. The number of rotatable bonds is 10. The second kappa shape index (κ2) is 12.2. The standard InChI is InChI=1S/C40H63NO5/c1-26(2)27-12-17-40(20-22-45-23-21-41)19-18-38(8)28(34(27)40)10-11-30-37(7)15-14-31(36(5,6)29(37)13-16-39(30,38)9)46-33(44)25-35(3,4)24-32(42)43/h27-31,34H,1,10-20,22-25H2,2-9H3,(H,42,43)/t27-,28+,29-,30+,31-,34+,37-,38+,39+,40+/m0/s1. The summed E-state index contributed by atoms with van der Waals surface area (Å²) in [5.41, 5.74) is 1.62. The Morgan fingerprint density at radius 3 is 2.28 bits per heavy atom. The normalized spacial score (nSPS) is 42.8. The molecule has 5 rings (SSSR count). The first-order valence-corrected chi connectivity index (χ1v) is 18.4. The van der Waals surface area contributed by atoms with E-state index >= 15 is 0 Å². The van der Waals surface area contributed by atoms with Gasteiger partial charge in [0.1, 0.15) is 12.7 Å². The maximum atomic E-state index is 13.2. The summed E-state index contributed by atoms with van der Waals surface area (Å²) in [7, 11) is 0. The molecule has 0 amide bonds. The summed E-state index contributed by atoms with van der Waals surface area (Å²) in [6.45, 7) is 24.0. The van der Waals surface area contributed by atoms with Gasteiger partial charge in [-0.05, 0) is 134 Å². The molecular formula is C40H63NO5. The number of nitriles is 1. The molecule has 258 valence electrons. The van der Waals surface area contributed by atoms with Crippen LogP contribution in [0.5, 0.6) is 0 Å². The van der Waals surface area contributed by atoms with E-state index in [4.69, 9.17) is 14.7 Å². The summed E-state index contributed by atoms with van der Waals surface area (Å²) in [5, 5.41) is 18.4. The van der Waals surface area contributed by atoms with Crippen molar-refractivity contribution in [1.82, 2.24) is 0 Å². The van der Waals surface area contributed by atoms with Crippen LogP contribution in [-0.2, 0) is 19.1 Å². The highest BCUT2D eigenvalue weighted by Crippen LogP contribution is 2.78. The number of esters is 1. The van der Waals surface area contributed by atoms with Crippen LogP contribution < -0.4 is 0 Å². The monoisotopic (exact) mass is 637 g/mol. The predicted octanol–water partition coefficient (Wildman–Crippen LogP) is 9.38. The molecule has 0 bridgehead atoms. The quantitative estimate of drug-likeness (QED) is 0.146. The van der Waals surface area contributed by atoms with E-state index in [1.807, 2.05) is 13.8 Å². The van der Waals surface area contributed by atoms with Crippen LogP contribution in [0.25, 0.3) is 0 Å². The molecule has 6 heteroatoms. The van der Waals surface area contributed by atoms with Crippen LogP contribution in [0.1, 0.15) is 139 Å². The van der Waals surface area contributed by atoms with E-state index in [0.29, 0.717) is 41.6 Å². The average molecular weight is 638 g/mol. The van der Waals surface area contributed by atoms with Crippen molar-refractivity contribution in [2.45, 2.75) is 145 Å². The molecule has 0 aromatic rings. The van der Waals surface area contributed by atoms with Crippen LogP contribution in [0, 0.1) is 73.4 Å². The van der Waals surface area contributed by atoms with Crippen LogP contribution in [0.3, 0.4) is 0 Å². The number of carbonyl (C=O) groups is 2. The number of fused-ring (bicyclic) bond motifs is 7. The highest BCUT2D eigenvalue weighted by atomic mass is 16.5. The zero-order chi connectivity index (χ0) is 33.9. The molecule has 46 heavy (non-hydrogen) atoms. The number of nitrogens with zero attached hydrogens (tertiary/aromatic N) is 1. The summed E-state index contributed by atoms with van der Waals surface area (Å²) < 4.78 is 12.0. The van der Waals surface area contributed by atoms with Crippen molar-refractivity contribution in [2.24, 2.45) is 62.1 Å². The molecule has 6 nitrogen and oxygen atoms in total. The van der Waals surface area contributed by atoms with E-state index in [9.17, 15) is 14.7 Å². The first-order valence-electron chi connectivity index (χ1n) is 18.4. The Morgan fingerprint density at radius 2 is 1.63 bits per heavy atom. The molecule has 5 fully saturated rings. The molecule has 0 aromatic heterocycles. The van der Waals surface area contributed by atoms with Gasteiger partial charge in [-0.3, -0.25) is 9.59 Å². The third kappa shape index (κ3) is 5.67. The Kier molecular flexibility index (Phi) is 9.42. The maximum absolute atomic E-state index is 13.2. The van der Waals surface area contributed by atoms with Gasteiger partial charge in [-0.25, -0.2) is 0 Å².